The van der Waals surface area contributed by atoms with Crippen molar-refractivity contribution in [3.63, 3.8) is 0 Å². The molecule has 0 atom stereocenters. The summed E-state index contributed by atoms with van der Waals surface area (Å²) in [5.41, 5.74) is 2.85. The Kier molecular flexibility index (Phi) is 6.37. The first kappa shape index (κ1) is 17.7. The summed E-state index contributed by atoms with van der Waals surface area (Å²) >= 11 is 0. The van der Waals surface area contributed by atoms with E-state index in [0.29, 0.717) is 6.61 Å². The zero-order valence-corrected chi connectivity index (χ0v) is 15.0. The number of hydrogen-bond donors (Lipinski definition) is 0. The van der Waals surface area contributed by atoms with Crippen molar-refractivity contribution in [1.29, 1.82) is 0 Å². The topological polar surface area (TPSA) is 37.2 Å². The summed E-state index contributed by atoms with van der Waals surface area (Å²) in [5.74, 6) is 0.903. The van der Waals surface area contributed by atoms with Crippen molar-refractivity contribution in [2.45, 2.75) is 6.92 Å². The summed E-state index contributed by atoms with van der Waals surface area (Å²) in [6.45, 7) is 4.54. The van der Waals surface area contributed by atoms with Gasteiger partial charge in [0.15, 0.2) is 0 Å². The molecule has 0 saturated heterocycles. The molecule has 0 spiro atoms. The Hall–Kier alpha value is -3.14. The van der Waals surface area contributed by atoms with Crippen molar-refractivity contribution in [2.75, 3.05) is 24.6 Å². The third-order valence-electron chi connectivity index (χ3n) is 4.01. The smallest absolute Gasteiger partial charge is 0.119 e. The number of hydrogen-bond acceptors (Lipinski definition) is 4. The van der Waals surface area contributed by atoms with E-state index in [4.69, 9.17) is 4.74 Å². The van der Waals surface area contributed by atoms with Gasteiger partial charge in [0.1, 0.15) is 12.4 Å². The van der Waals surface area contributed by atoms with Crippen molar-refractivity contribution in [3.8, 4) is 5.75 Å². The number of likely N-dealkylation sites (N-methyl/N-ethyl adjacent to an activating group) is 1. The highest BCUT2D eigenvalue weighted by Gasteiger charge is 2.04. The number of para-hydroxylation sites is 1. The Labute approximate surface area is 154 Å². The second-order valence-corrected chi connectivity index (χ2v) is 5.79. The van der Waals surface area contributed by atoms with E-state index in [9.17, 15) is 0 Å². The maximum atomic E-state index is 5.80. The van der Waals surface area contributed by atoms with Crippen LogP contribution in [0.5, 0.6) is 5.75 Å². The number of azo groups is 1. The second kappa shape index (κ2) is 9.37. The molecule has 3 aromatic rings. The molecule has 132 valence electrons. The van der Waals surface area contributed by atoms with Crippen LogP contribution < -0.4 is 9.64 Å². The third-order valence-corrected chi connectivity index (χ3v) is 4.01. The van der Waals surface area contributed by atoms with Gasteiger partial charge < -0.3 is 9.64 Å². The van der Waals surface area contributed by atoms with Gasteiger partial charge in [0.2, 0.25) is 0 Å². The fraction of sp³-hybridized carbons (Fsp3) is 0.182. The first-order valence-corrected chi connectivity index (χ1v) is 8.85. The molecule has 0 bridgehead atoms. The van der Waals surface area contributed by atoms with E-state index < -0.39 is 0 Å². The summed E-state index contributed by atoms with van der Waals surface area (Å²) in [6, 6.07) is 27.8. The molecule has 0 N–H and O–H groups in total. The van der Waals surface area contributed by atoms with Gasteiger partial charge in [0, 0.05) is 12.2 Å². The van der Waals surface area contributed by atoms with E-state index in [2.05, 4.69) is 34.2 Å². The molecule has 26 heavy (non-hydrogen) atoms. The summed E-state index contributed by atoms with van der Waals surface area (Å²) in [7, 11) is 0. The molecular formula is C22H23N3O. The van der Waals surface area contributed by atoms with Gasteiger partial charge in [0.05, 0.1) is 17.9 Å². The molecule has 0 aliphatic heterocycles. The first-order chi connectivity index (χ1) is 12.8. The van der Waals surface area contributed by atoms with Crippen molar-refractivity contribution in [2.24, 2.45) is 10.2 Å². The minimum absolute atomic E-state index is 0.646. The van der Waals surface area contributed by atoms with Crippen LogP contribution in [0.15, 0.2) is 95.2 Å². The molecule has 3 rings (SSSR count). The van der Waals surface area contributed by atoms with E-state index in [1.807, 2.05) is 72.8 Å². The van der Waals surface area contributed by atoms with E-state index in [1.54, 1.807) is 0 Å². The van der Waals surface area contributed by atoms with Gasteiger partial charge in [-0.05, 0) is 55.5 Å². The maximum Gasteiger partial charge on any atom is 0.119 e. The van der Waals surface area contributed by atoms with E-state index in [1.165, 1.54) is 0 Å². The van der Waals surface area contributed by atoms with E-state index in [-0.39, 0.29) is 0 Å². The summed E-state index contributed by atoms with van der Waals surface area (Å²) in [6.07, 6.45) is 0. The van der Waals surface area contributed by atoms with Crippen molar-refractivity contribution < 1.29 is 4.74 Å². The third kappa shape index (κ3) is 5.18. The lowest BCUT2D eigenvalue weighted by Gasteiger charge is -2.23. The normalized spacial score (nSPS) is 10.8. The zero-order valence-electron chi connectivity index (χ0n) is 15.0. The largest absolute Gasteiger partial charge is 0.492 e. The molecule has 0 saturated carbocycles. The van der Waals surface area contributed by atoms with Crippen LogP contribution in [0.2, 0.25) is 0 Å². The van der Waals surface area contributed by atoms with Gasteiger partial charge in [-0.25, -0.2) is 0 Å². The minimum Gasteiger partial charge on any atom is -0.492 e. The van der Waals surface area contributed by atoms with E-state index >= 15 is 0 Å². The lowest BCUT2D eigenvalue weighted by atomic mass is 10.2. The quantitative estimate of drug-likeness (QED) is 0.469. The Morgan fingerprint density at radius 2 is 1.31 bits per heavy atom. The van der Waals surface area contributed by atoms with E-state index in [0.717, 1.165) is 35.9 Å². The summed E-state index contributed by atoms with van der Waals surface area (Å²) in [5, 5.41) is 8.53. The highest BCUT2D eigenvalue weighted by Crippen LogP contribution is 2.22. The average Bonchev–Trinajstić information content (AvgIpc) is 2.72. The molecule has 0 aliphatic carbocycles. The molecule has 0 amide bonds. The van der Waals surface area contributed by atoms with Gasteiger partial charge >= 0.3 is 0 Å². The van der Waals surface area contributed by atoms with Crippen LogP contribution >= 0.6 is 0 Å². The molecule has 0 aliphatic rings. The SMILES string of the molecule is CCN(CCOc1ccccc1)c1ccc(N=Nc2ccccc2)cc1. The van der Waals surface area contributed by atoms with Crippen LogP contribution in [0.25, 0.3) is 0 Å². The Balaban J connectivity index is 1.56. The molecule has 0 aromatic heterocycles. The Morgan fingerprint density at radius 3 is 1.92 bits per heavy atom. The van der Waals surface area contributed by atoms with Crippen LogP contribution in [0, 0.1) is 0 Å². The summed E-state index contributed by atoms with van der Waals surface area (Å²) in [4.78, 5) is 2.28. The Bertz CT molecular complexity index is 802. The van der Waals surface area contributed by atoms with Crippen molar-refractivity contribution in [3.05, 3.63) is 84.9 Å². The van der Waals surface area contributed by atoms with Crippen LogP contribution in [-0.2, 0) is 0 Å². The molecule has 4 nitrogen and oxygen atoms in total. The number of benzene rings is 3. The first-order valence-electron chi connectivity index (χ1n) is 8.85. The molecule has 0 radical (unpaired) electrons. The molecule has 3 aromatic carbocycles. The standard InChI is InChI=1S/C22H23N3O/c1-2-25(17-18-26-22-11-7-4-8-12-22)21-15-13-20(14-16-21)24-23-19-9-5-3-6-10-19/h3-16H,2,17-18H2,1H3. The molecular weight excluding hydrogens is 322 g/mol. The zero-order chi connectivity index (χ0) is 18.0. The fourth-order valence-corrected chi connectivity index (χ4v) is 2.60. The van der Waals surface area contributed by atoms with Crippen LogP contribution in [0.4, 0.5) is 17.1 Å². The van der Waals surface area contributed by atoms with Crippen LogP contribution in [0.1, 0.15) is 6.92 Å². The van der Waals surface area contributed by atoms with Gasteiger partial charge in [-0.2, -0.15) is 10.2 Å². The van der Waals surface area contributed by atoms with Gasteiger partial charge in [-0.3, -0.25) is 0 Å². The average molecular weight is 345 g/mol. The highest BCUT2D eigenvalue weighted by atomic mass is 16.5. The number of anilines is 1. The Morgan fingerprint density at radius 1 is 0.731 bits per heavy atom. The fourth-order valence-electron chi connectivity index (χ4n) is 2.60. The highest BCUT2D eigenvalue weighted by molar-refractivity contribution is 5.53. The predicted octanol–water partition coefficient (Wildman–Crippen LogP) is 6.01. The lowest BCUT2D eigenvalue weighted by molar-refractivity contribution is 0.324. The molecule has 0 heterocycles. The predicted molar refractivity (Wildman–Crippen MR) is 107 cm³/mol. The number of rotatable bonds is 8. The van der Waals surface area contributed by atoms with Crippen LogP contribution in [-0.4, -0.2) is 19.7 Å². The number of ether oxygens (including phenoxy) is 1. The second-order valence-electron chi connectivity index (χ2n) is 5.79. The monoisotopic (exact) mass is 345 g/mol. The van der Waals surface area contributed by atoms with Crippen LogP contribution in [0.3, 0.4) is 0 Å². The molecule has 0 unspecified atom stereocenters. The van der Waals surface area contributed by atoms with Crippen molar-refractivity contribution >= 4 is 17.1 Å². The van der Waals surface area contributed by atoms with Gasteiger partial charge in [-0.15, -0.1) is 0 Å². The lowest BCUT2D eigenvalue weighted by Crippen LogP contribution is -2.27. The minimum atomic E-state index is 0.646. The van der Waals surface area contributed by atoms with Gasteiger partial charge in [-0.1, -0.05) is 36.4 Å². The molecule has 4 heteroatoms. The maximum absolute atomic E-state index is 5.80. The van der Waals surface area contributed by atoms with Crippen molar-refractivity contribution in [1.82, 2.24) is 0 Å². The van der Waals surface area contributed by atoms with Gasteiger partial charge in [0.25, 0.3) is 0 Å². The molecule has 0 fully saturated rings. The summed E-state index contributed by atoms with van der Waals surface area (Å²) < 4.78 is 5.80. The number of nitrogens with zero attached hydrogens (tertiary/aromatic N) is 3.